The van der Waals surface area contributed by atoms with Gasteiger partial charge in [0.2, 0.25) is 0 Å². The second-order valence-electron chi connectivity index (χ2n) is 2.02. The van der Waals surface area contributed by atoms with Crippen LogP contribution in [-0.2, 0) is 0 Å². The van der Waals surface area contributed by atoms with E-state index in [0.29, 0.717) is 0 Å². The summed E-state index contributed by atoms with van der Waals surface area (Å²) in [6.07, 6.45) is 1.56. The fourth-order valence-electron chi connectivity index (χ4n) is 0.805. The Hall–Kier alpha value is -0.740. The monoisotopic (exact) mass is 183 g/mol. The molecule has 0 bridgehead atoms. The van der Waals surface area contributed by atoms with Crippen molar-refractivity contribution in [1.29, 1.82) is 0 Å². The number of nitrogens with zero attached hydrogens (tertiary/aromatic N) is 1. The van der Waals surface area contributed by atoms with Crippen molar-refractivity contribution in [3.8, 4) is 10.6 Å². The molecule has 0 spiro atoms. The SMILES string of the molecule is Sc1ccc(-c2ccon2)s1. The van der Waals surface area contributed by atoms with Crippen molar-refractivity contribution < 1.29 is 4.52 Å². The molecule has 2 aromatic rings. The molecule has 0 fully saturated rings. The van der Waals surface area contributed by atoms with Gasteiger partial charge in [0, 0.05) is 6.07 Å². The Kier molecular flexibility index (Phi) is 1.71. The lowest BCUT2D eigenvalue weighted by molar-refractivity contribution is 0.422. The van der Waals surface area contributed by atoms with Crippen molar-refractivity contribution in [1.82, 2.24) is 5.16 Å². The zero-order chi connectivity index (χ0) is 7.68. The number of rotatable bonds is 1. The number of thiophene rings is 1. The van der Waals surface area contributed by atoms with E-state index in [2.05, 4.69) is 17.8 Å². The Balaban J connectivity index is 2.45. The van der Waals surface area contributed by atoms with Crippen LogP contribution in [0.5, 0.6) is 0 Å². The van der Waals surface area contributed by atoms with Gasteiger partial charge >= 0.3 is 0 Å². The van der Waals surface area contributed by atoms with Crippen LogP contribution in [0.2, 0.25) is 0 Å². The third-order valence-corrected chi connectivity index (χ3v) is 2.62. The van der Waals surface area contributed by atoms with Gasteiger partial charge in [0.05, 0.1) is 9.09 Å². The summed E-state index contributed by atoms with van der Waals surface area (Å²) < 4.78 is 5.70. The molecule has 0 N–H and O–H groups in total. The van der Waals surface area contributed by atoms with E-state index < -0.39 is 0 Å². The van der Waals surface area contributed by atoms with Gasteiger partial charge in [-0.15, -0.1) is 24.0 Å². The molecule has 2 heterocycles. The van der Waals surface area contributed by atoms with Crippen LogP contribution in [0, 0.1) is 0 Å². The Morgan fingerprint density at radius 1 is 1.36 bits per heavy atom. The second-order valence-corrected chi connectivity index (χ2v) is 3.89. The van der Waals surface area contributed by atoms with Crippen LogP contribution in [0.1, 0.15) is 0 Å². The van der Waals surface area contributed by atoms with Gasteiger partial charge in [-0.05, 0) is 12.1 Å². The molecule has 2 rings (SSSR count). The summed E-state index contributed by atoms with van der Waals surface area (Å²) in [5.74, 6) is 0. The third-order valence-electron chi connectivity index (χ3n) is 1.28. The van der Waals surface area contributed by atoms with Crippen LogP contribution < -0.4 is 0 Å². The first-order chi connectivity index (χ1) is 5.36. The smallest absolute Gasteiger partial charge is 0.124 e. The fraction of sp³-hybridized carbons (Fsp3) is 0. The van der Waals surface area contributed by atoms with Gasteiger partial charge in [-0.2, -0.15) is 0 Å². The highest BCUT2D eigenvalue weighted by molar-refractivity contribution is 7.83. The van der Waals surface area contributed by atoms with E-state index in [9.17, 15) is 0 Å². The molecule has 0 saturated heterocycles. The van der Waals surface area contributed by atoms with Gasteiger partial charge in [-0.3, -0.25) is 0 Å². The predicted octanol–water partition coefficient (Wildman–Crippen LogP) is 2.69. The highest BCUT2D eigenvalue weighted by atomic mass is 32.2. The van der Waals surface area contributed by atoms with E-state index in [1.54, 1.807) is 17.6 Å². The zero-order valence-corrected chi connectivity index (χ0v) is 7.23. The normalized spacial score (nSPS) is 10.3. The molecule has 0 saturated carbocycles. The molecule has 11 heavy (non-hydrogen) atoms. The predicted molar refractivity (Wildman–Crippen MR) is 47.1 cm³/mol. The number of aromatic nitrogens is 1. The molecule has 0 aromatic carbocycles. The highest BCUT2D eigenvalue weighted by Gasteiger charge is 2.02. The molecule has 2 aromatic heterocycles. The summed E-state index contributed by atoms with van der Waals surface area (Å²) >= 11 is 5.78. The quantitative estimate of drug-likeness (QED) is 0.688. The molecule has 0 amide bonds. The molecule has 56 valence electrons. The Morgan fingerprint density at radius 3 is 2.82 bits per heavy atom. The molecule has 2 nitrogen and oxygen atoms in total. The third kappa shape index (κ3) is 1.32. The fourth-order valence-corrected chi connectivity index (χ4v) is 1.88. The van der Waals surface area contributed by atoms with Crippen molar-refractivity contribution in [2.24, 2.45) is 0 Å². The lowest BCUT2D eigenvalue weighted by Crippen LogP contribution is -1.65. The topological polar surface area (TPSA) is 26.0 Å². The molecular formula is C7H5NOS2. The standard InChI is InChI=1S/C7H5NOS2/c10-7-2-1-6(11-7)5-3-4-9-8-5/h1-4,10H. The van der Waals surface area contributed by atoms with Gasteiger partial charge in [0.25, 0.3) is 0 Å². The van der Waals surface area contributed by atoms with Crippen LogP contribution in [0.3, 0.4) is 0 Å². The van der Waals surface area contributed by atoms with Crippen molar-refractivity contribution in [2.45, 2.75) is 4.21 Å². The van der Waals surface area contributed by atoms with Crippen LogP contribution >= 0.6 is 24.0 Å². The largest absolute Gasteiger partial charge is 0.364 e. The first-order valence-corrected chi connectivity index (χ1v) is 4.32. The zero-order valence-electron chi connectivity index (χ0n) is 5.52. The number of thiol groups is 1. The minimum Gasteiger partial charge on any atom is -0.364 e. The molecule has 0 radical (unpaired) electrons. The molecule has 0 atom stereocenters. The van der Waals surface area contributed by atoms with Crippen molar-refractivity contribution >= 4 is 24.0 Å². The summed E-state index contributed by atoms with van der Waals surface area (Å²) in [7, 11) is 0. The first kappa shape index (κ1) is 6.94. The minimum atomic E-state index is 0.871. The maximum absolute atomic E-state index is 4.71. The summed E-state index contributed by atoms with van der Waals surface area (Å²) in [4.78, 5) is 1.09. The van der Waals surface area contributed by atoms with E-state index in [1.807, 2.05) is 18.2 Å². The van der Waals surface area contributed by atoms with Gasteiger partial charge < -0.3 is 4.52 Å². The van der Waals surface area contributed by atoms with Crippen molar-refractivity contribution in [3.05, 3.63) is 24.5 Å². The summed E-state index contributed by atoms with van der Waals surface area (Å²) in [5, 5.41) is 3.80. The number of hydrogen-bond donors (Lipinski definition) is 1. The molecule has 0 aliphatic heterocycles. The Morgan fingerprint density at radius 2 is 2.27 bits per heavy atom. The van der Waals surface area contributed by atoms with Crippen molar-refractivity contribution in [2.75, 3.05) is 0 Å². The number of hydrogen-bond acceptors (Lipinski definition) is 4. The molecular weight excluding hydrogens is 178 g/mol. The maximum atomic E-state index is 4.71. The summed E-state index contributed by atoms with van der Waals surface area (Å²) in [6, 6.07) is 5.75. The van der Waals surface area contributed by atoms with E-state index in [0.717, 1.165) is 14.8 Å². The molecule has 4 heteroatoms. The average Bonchev–Trinajstić information content (AvgIpc) is 2.55. The van der Waals surface area contributed by atoms with Crippen molar-refractivity contribution in [3.63, 3.8) is 0 Å². The van der Waals surface area contributed by atoms with Crippen LogP contribution in [-0.4, -0.2) is 5.16 Å². The lowest BCUT2D eigenvalue weighted by Gasteiger charge is -1.82. The van der Waals surface area contributed by atoms with Gasteiger partial charge in [-0.1, -0.05) is 5.16 Å². The average molecular weight is 183 g/mol. The van der Waals surface area contributed by atoms with E-state index in [-0.39, 0.29) is 0 Å². The minimum absolute atomic E-state index is 0.871. The second kappa shape index (κ2) is 2.71. The van der Waals surface area contributed by atoms with E-state index >= 15 is 0 Å². The van der Waals surface area contributed by atoms with Gasteiger partial charge in [-0.25, -0.2) is 0 Å². The Bertz CT molecular complexity index is 339. The highest BCUT2D eigenvalue weighted by Crippen LogP contribution is 2.28. The lowest BCUT2D eigenvalue weighted by atomic mass is 10.3. The molecule has 0 aliphatic carbocycles. The van der Waals surface area contributed by atoms with Crippen LogP contribution in [0.25, 0.3) is 10.6 Å². The van der Waals surface area contributed by atoms with Gasteiger partial charge in [0.1, 0.15) is 12.0 Å². The van der Waals surface area contributed by atoms with E-state index in [1.165, 1.54) is 0 Å². The van der Waals surface area contributed by atoms with Crippen LogP contribution in [0.15, 0.2) is 33.2 Å². The molecule has 0 unspecified atom stereocenters. The summed E-state index contributed by atoms with van der Waals surface area (Å²) in [5.41, 5.74) is 0.871. The van der Waals surface area contributed by atoms with Crippen LogP contribution in [0.4, 0.5) is 0 Å². The molecule has 0 aliphatic rings. The maximum Gasteiger partial charge on any atom is 0.124 e. The summed E-state index contributed by atoms with van der Waals surface area (Å²) in [6.45, 7) is 0. The van der Waals surface area contributed by atoms with E-state index in [4.69, 9.17) is 4.52 Å². The first-order valence-electron chi connectivity index (χ1n) is 3.06. The Labute approximate surface area is 73.2 Å². The van der Waals surface area contributed by atoms with Gasteiger partial charge in [0.15, 0.2) is 0 Å².